The van der Waals surface area contributed by atoms with Crippen LogP contribution in [0.5, 0.6) is 11.5 Å². The van der Waals surface area contributed by atoms with E-state index in [1.165, 1.54) is 6.08 Å². The van der Waals surface area contributed by atoms with Crippen molar-refractivity contribution in [3.63, 3.8) is 0 Å². The maximum atomic E-state index is 11.7. The van der Waals surface area contributed by atoms with Gasteiger partial charge in [-0.3, -0.25) is 0 Å². The van der Waals surface area contributed by atoms with Gasteiger partial charge in [0, 0.05) is 12.0 Å². The smallest absolute Gasteiger partial charge is 0.330 e. The van der Waals surface area contributed by atoms with E-state index in [2.05, 4.69) is 0 Å². The predicted molar refractivity (Wildman–Crippen MR) is 93.6 cm³/mol. The maximum absolute atomic E-state index is 11.7. The molecule has 0 fully saturated rings. The Morgan fingerprint density at radius 1 is 0.917 bits per heavy atom. The van der Waals surface area contributed by atoms with Gasteiger partial charge in [0.15, 0.2) is 0 Å². The van der Waals surface area contributed by atoms with Crippen LogP contribution in [0.1, 0.15) is 24.0 Å². The van der Waals surface area contributed by atoms with Crippen LogP contribution in [0, 0.1) is 0 Å². The van der Waals surface area contributed by atoms with E-state index in [0.29, 0.717) is 6.61 Å². The molecule has 0 bridgehead atoms. The first kappa shape index (κ1) is 17.6. The van der Waals surface area contributed by atoms with Crippen LogP contribution in [-0.2, 0) is 9.53 Å². The van der Waals surface area contributed by atoms with Crippen LogP contribution in [0.2, 0.25) is 0 Å². The molecule has 126 valence electrons. The zero-order valence-electron chi connectivity index (χ0n) is 14.2. The lowest BCUT2D eigenvalue weighted by Gasteiger charge is -2.15. The molecular weight excluding hydrogens is 304 g/mol. The van der Waals surface area contributed by atoms with E-state index in [4.69, 9.17) is 14.2 Å². The number of carbonyl (C=O) groups excluding carboxylic acids is 1. The predicted octanol–water partition coefficient (Wildman–Crippen LogP) is 3.96. The summed E-state index contributed by atoms with van der Waals surface area (Å²) in [5.41, 5.74) is 2.11. The van der Waals surface area contributed by atoms with Crippen LogP contribution in [0.25, 0.3) is 0 Å². The summed E-state index contributed by atoms with van der Waals surface area (Å²) in [6.45, 7) is 2.15. The number of rotatable bonds is 7. The highest BCUT2D eigenvalue weighted by Gasteiger charge is 2.12. The quantitative estimate of drug-likeness (QED) is 0.571. The van der Waals surface area contributed by atoms with Crippen molar-refractivity contribution in [1.29, 1.82) is 0 Å². The normalized spacial score (nSPS) is 10.8. The Hall–Kier alpha value is -2.75. The molecule has 24 heavy (non-hydrogen) atoms. The first-order valence-electron chi connectivity index (χ1n) is 7.80. The van der Waals surface area contributed by atoms with Gasteiger partial charge < -0.3 is 14.2 Å². The third-order valence-electron chi connectivity index (χ3n) is 3.66. The lowest BCUT2D eigenvalue weighted by molar-refractivity contribution is -0.137. The van der Waals surface area contributed by atoms with Crippen LogP contribution in [0.4, 0.5) is 0 Å². The second-order valence-corrected chi connectivity index (χ2v) is 5.14. The summed E-state index contributed by atoms with van der Waals surface area (Å²) >= 11 is 0. The first-order valence-corrected chi connectivity index (χ1v) is 7.80. The standard InChI is InChI=1S/C20H22O4/c1-4-24-20(21)14-13-19(15-5-9-17(22-2)10-6-15)16-7-11-18(23-3)12-8-16/h5-14,19H,4H2,1-3H3. The molecule has 0 spiro atoms. The molecule has 0 unspecified atom stereocenters. The number of ether oxygens (including phenoxy) is 3. The van der Waals surface area contributed by atoms with Gasteiger partial charge in [-0.05, 0) is 42.3 Å². The fraction of sp³-hybridized carbons (Fsp3) is 0.250. The zero-order valence-corrected chi connectivity index (χ0v) is 14.2. The number of esters is 1. The maximum Gasteiger partial charge on any atom is 0.330 e. The Balaban J connectivity index is 2.33. The Kier molecular flexibility index (Phi) is 6.43. The highest BCUT2D eigenvalue weighted by Crippen LogP contribution is 2.29. The van der Waals surface area contributed by atoms with Crippen molar-refractivity contribution in [2.45, 2.75) is 12.8 Å². The van der Waals surface area contributed by atoms with Crippen LogP contribution in [0.15, 0.2) is 60.7 Å². The lowest BCUT2D eigenvalue weighted by Crippen LogP contribution is -2.03. The topological polar surface area (TPSA) is 44.8 Å². The summed E-state index contributed by atoms with van der Waals surface area (Å²) in [5, 5.41) is 0. The van der Waals surface area contributed by atoms with Gasteiger partial charge in [-0.15, -0.1) is 0 Å². The monoisotopic (exact) mass is 326 g/mol. The van der Waals surface area contributed by atoms with Crippen molar-refractivity contribution < 1.29 is 19.0 Å². The fourth-order valence-corrected chi connectivity index (χ4v) is 2.40. The minimum absolute atomic E-state index is 0.0637. The second kappa shape index (κ2) is 8.77. The van der Waals surface area contributed by atoms with Gasteiger partial charge in [-0.1, -0.05) is 30.3 Å². The molecule has 0 aromatic heterocycles. The van der Waals surface area contributed by atoms with Gasteiger partial charge in [0.05, 0.1) is 20.8 Å². The molecule has 2 aromatic rings. The van der Waals surface area contributed by atoms with Crippen LogP contribution >= 0.6 is 0 Å². The highest BCUT2D eigenvalue weighted by atomic mass is 16.5. The van der Waals surface area contributed by atoms with Crippen LogP contribution in [0.3, 0.4) is 0 Å². The molecule has 0 saturated carbocycles. The van der Waals surface area contributed by atoms with E-state index in [1.807, 2.05) is 54.6 Å². The minimum Gasteiger partial charge on any atom is -0.497 e. The molecule has 0 N–H and O–H groups in total. The number of allylic oxidation sites excluding steroid dienone is 1. The average Bonchev–Trinajstić information content (AvgIpc) is 2.63. The third-order valence-corrected chi connectivity index (χ3v) is 3.66. The molecule has 0 saturated heterocycles. The van der Waals surface area contributed by atoms with E-state index in [9.17, 15) is 4.79 Å². The van der Waals surface area contributed by atoms with Gasteiger partial charge in [0.2, 0.25) is 0 Å². The van der Waals surface area contributed by atoms with Gasteiger partial charge in [-0.2, -0.15) is 0 Å². The van der Waals surface area contributed by atoms with E-state index in [-0.39, 0.29) is 11.9 Å². The van der Waals surface area contributed by atoms with Crippen molar-refractivity contribution in [2.75, 3.05) is 20.8 Å². The van der Waals surface area contributed by atoms with Crippen molar-refractivity contribution >= 4 is 5.97 Å². The number of hydrogen-bond acceptors (Lipinski definition) is 4. The molecule has 0 aliphatic rings. The second-order valence-electron chi connectivity index (χ2n) is 5.14. The number of methoxy groups -OCH3 is 2. The van der Waals surface area contributed by atoms with Gasteiger partial charge in [-0.25, -0.2) is 4.79 Å². The number of hydrogen-bond donors (Lipinski definition) is 0. The average molecular weight is 326 g/mol. The molecule has 0 aliphatic heterocycles. The molecule has 2 aromatic carbocycles. The van der Waals surface area contributed by atoms with Crippen molar-refractivity contribution in [3.05, 3.63) is 71.8 Å². The summed E-state index contributed by atoms with van der Waals surface area (Å²) in [7, 11) is 3.27. The highest BCUT2D eigenvalue weighted by molar-refractivity contribution is 5.82. The molecule has 4 heteroatoms. The number of benzene rings is 2. The fourth-order valence-electron chi connectivity index (χ4n) is 2.40. The molecular formula is C20H22O4. The Morgan fingerprint density at radius 3 is 1.75 bits per heavy atom. The van der Waals surface area contributed by atoms with Crippen LogP contribution < -0.4 is 9.47 Å². The van der Waals surface area contributed by atoms with E-state index in [0.717, 1.165) is 22.6 Å². The Labute approximate surface area is 142 Å². The Morgan fingerprint density at radius 2 is 1.38 bits per heavy atom. The molecule has 0 aliphatic carbocycles. The summed E-state index contributed by atoms with van der Waals surface area (Å²) in [5.74, 6) is 1.18. The van der Waals surface area contributed by atoms with Gasteiger partial charge in [0.25, 0.3) is 0 Å². The minimum atomic E-state index is -0.343. The SMILES string of the molecule is CCOC(=O)C=CC(c1ccc(OC)cc1)c1ccc(OC)cc1. The molecule has 0 atom stereocenters. The first-order chi connectivity index (χ1) is 11.7. The van der Waals surface area contributed by atoms with Crippen molar-refractivity contribution in [1.82, 2.24) is 0 Å². The molecule has 0 amide bonds. The van der Waals surface area contributed by atoms with E-state index in [1.54, 1.807) is 21.1 Å². The number of carbonyl (C=O) groups is 1. The third kappa shape index (κ3) is 4.62. The van der Waals surface area contributed by atoms with Crippen LogP contribution in [-0.4, -0.2) is 26.8 Å². The molecule has 0 radical (unpaired) electrons. The summed E-state index contributed by atoms with van der Waals surface area (Å²) in [4.78, 5) is 11.7. The van der Waals surface area contributed by atoms with Crippen molar-refractivity contribution in [3.8, 4) is 11.5 Å². The lowest BCUT2D eigenvalue weighted by atomic mass is 9.91. The van der Waals surface area contributed by atoms with Crippen molar-refractivity contribution in [2.24, 2.45) is 0 Å². The molecule has 2 rings (SSSR count). The van der Waals surface area contributed by atoms with Gasteiger partial charge >= 0.3 is 5.97 Å². The van der Waals surface area contributed by atoms with Gasteiger partial charge in [0.1, 0.15) is 11.5 Å². The van der Waals surface area contributed by atoms with E-state index < -0.39 is 0 Å². The zero-order chi connectivity index (χ0) is 17.4. The largest absolute Gasteiger partial charge is 0.497 e. The van der Waals surface area contributed by atoms with E-state index >= 15 is 0 Å². The summed E-state index contributed by atoms with van der Waals surface area (Å²) < 4.78 is 15.4. The molecule has 0 heterocycles. The summed E-state index contributed by atoms with van der Waals surface area (Å²) in [6.07, 6.45) is 3.32. The molecule has 4 nitrogen and oxygen atoms in total. The Bertz CT molecular complexity index is 624. The summed E-state index contributed by atoms with van der Waals surface area (Å²) in [6, 6.07) is 15.6.